The van der Waals surface area contributed by atoms with Gasteiger partial charge in [0.15, 0.2) is 24.8 Å². The van der Waals surface area contributed by atoms with Crippen molar-refractivity contribution in [2.75, 3.05) is 26.4 Å². The molecular formula is C18H23K10O45S10-. The van der Waals surface area contributed by atoms with Crippen molar-refractivity contribution >= 4 is 105 Å². The Kier molecular flexibility index (Phi) is 70.9. The molecule has 65 heteroatoms. The number of hydrogen-bond donors (Lipinski definition) is 0. The van der Waals surface area contributed by atoms with Gasteiger partial charge in [-0.25, -0.2) is 80.0 Å². The van der Waals surface area contributed by atoms with Crippen molar-refractivity contribution in [3.63, 3.8) is 0 Å². The molecular weight excluding hydrogens is 1650 g/mol. The van der Waals surface area contributed by atoms with Crippen LogP contribution in [0.4, 0.5) is 0 Å². The smallest absolute Gasteiger partial charge is 0.870 e. The van der Waals surface area contributed by atoms with Crippen LogP contribution in [0.3, 0.4) is 0 Å². The Morgan fingerprint density at radius 2 is 0.506 bits per heavy atom. The molecule has 3 aliphatic heterocycles. The van der Waals surface area contributed by atoms with Crippen molar-refractivity contribution in [3.05, 3.63) is 0 Å². The minimum absolute atomic E-state index is 0. The van der Waals surface area contributed by atoms with Gasteiger partial charge < -0.3 is 74.7 Å². The van der Waals surface area contributed by atoms with Gasteiger partial charge in [-0.1, -0.05) is 0 Å². The average molecular weight is 1670 g/mol. The van der Waals surface area contributed by atoms with E-state index in [1.807, 2.05) is 0 Å². The maximum absolute atomic E-state index is 12.2. The van der Waals surface area contributed by atoms with Gasteiger partial charge in [0.2, 0.25) is 93.6 Å². The van der Waals surface area contributed by atoms with Crippen molar-refractivity contribution in [2.24, 2.45) is 0 Å². The Labute approximate surface area is 900 Å². The predicted octanol–water partition coefficient (Wildman–Crippen LogP) is -41.8. The van der Waals surface area contributed by atoms with E-state index >= 15 is 0 Å². The molecule has 0 aliphatic carbocycles. The normalized spacial score (nSPS) is 28.1. The molecule has 0 amide bonds. The van der Waals surface area contributed by atoms with Crippen LogP contribution >= 0.6 is 0 Å². The summed E-state index contributed by atoms with van der Waals surface area (Å²) in [5.41, 5.74) is 0. The summed E-state index contributed by atoms with van der Waals surface area (Å²) in [6, 6.07) is 0. The van der Waals surface area contributed by atoms with Crippen molar-refractivity contribution in [2.45, 2.75) is 85.8 Å². The molecule has 45 nitrogen and oxygen atoms in total. The Balaban J connectivity index is -0.000000711. The monoisotopic (exact) mass is 1670 g/mol. The van der Waals surface area contributed by atoms with Crippen LogP contribution in [0.25, 0.3) is 0 Å². The zero-order chi connectivity index (χ0) is 55.6. The van der Waals surface area contributed by atoms with Crippen LogP contribution in [0, 0.1) is 0 Å². The average Bonchev–Trinajstić information content (AvgIpc) is 3.43. The summed E-state index contributed by atoms with van der Waals surface area (Å²) in [6.07, 6.45) is -45.9. The molecule has 0 bridgehead atoms. The standard InChI is InChI=1S/C18H32O44S10.10K.H2O/c19-63(20)48-1-5-10(56-18-16(62-72(45,46)47)14(60-70(39,40)41)12(58-68(33,34)35)8(54-18)4-51-66(27,28)29)13(59-69(36,37)38)15(61-71(42,43)44)17(53-5)55-9-6(2-49-64(21,22)23)52-7(3-50-65(24,25)26)11(9)57-67(30,31)32;;;;;;;;;;;/h5-18H,1-4H2,(H,19,20)(H,21,22,23)(H,24,25,26)(H,27,28,29)(H,30,31,32)(H,33,34,35)(H,36,37,38)(H,39,40,41)(H,42,43,44)(H,45,46,47);;;;;;;;;;;1H2/q;10*+1;/p-11/t5-,6-,7-,8-,9-,10-,11-,12-,13+,14+,15-,16-,17+,18-;;;;;;;;;;;/m1.........../s1. The largest absolute Gasteiger partial charge is 1.00 e. The Hall–Kier alpha value is 15.0. The van der Waals surface area contributed by atoms with Gasteiger partial charge in [-0.2, -0.15) is 0 Å². The van der Waals surface area contributed by atoms with Crippen LogP contribution in [-0.4, -0.2) is 243 Å². The van der Waals surface area contributed by atoms with Crippen molar-refractivity contribution in [1.82, 2.24) is 0 Å². The van der Waals surface area contributed by atoms with E-state index < -0.39 is 217 Å². The molecule has 3 heterocycles. The van der Waals surface area contributed by atoms with E-state index in [2.05, 4.69) is 41.8 Å². The Bertz CT molecular complexity index is 3000. The van der Waals surface area contributed by atoms with Crippen LogP contribution in [0.5, 0.6) is 0 Å². The van der Waals surface area contributed by atoms with Crippen LogP contribution in [0.1, 0.15) is 0 Å². The molecule has 0 spiro atoms. The second-order valence-electron chi connectivity index (χ2n) is 12.9. The second-order valence-corrected chi connectivity index (χ2v) is 22.7. The van der Waals surface area contributed by atoms with Crippen LogP contribution in [0.2, 0.25) is 0 Å². The van der Waals surface area contributed by atoms with Crippen LogP contribution in [0.15, 0.2) is 0 Å². The molecule has 0 aromatic heterocycles. The summed E-state index contributed by atoms with van der Waals surface area (Å²) in [6.45, 7) is -7.81. The van der Waals surface area contributed by atoms with E-state index in [0.717, 1.165) is 0 Å². The quantitative estimate of drug-likeness (QED) is 0.0304. The van der Waals surface area contributed by atoms with Gasteiger partial charge in [-0.05, 0) is 0 Å². The molecule has 3 aliphatic rings. The summed E-state index contributed by atoms with van der Waals surface area (Å²) in [4.78, 5) is 0. The first-order valence-corrected chi connectivity index (χ1v) is 29.7. The predicted molar refractivity (Wildman–Crippen MR) is 187 cm³/mol. The minimum atomic E-state index is -6.72. The first-order valence-electron chi connectivity index (χ1n) is 16.7. The minimum Gasteiger partial charge on any atom is -0.870 e. The molecule has 0 aromatic rings. The van der Waals surface area contributed by atoms with E-state index in [4.69, 9.17) is 23.7 Å². The first-order chi connectivity index (χ1) is 32.1. The summed E-state index contributed by atoms with van der Waals surface area (Å²) < 4.78 is 405. The molecule has 1 N–H and O–H groups in total. The molecule has 3 fully saturated rings. The van der Waals surface area contributed by atoms with E-state index in [0.29, 0.717) is 0 Å². The molecule has 0 radical (unpaired) electrons. The summed E-state index contributed by atoms with van der Waals surface area (Å²) in [7, 11) is -57.4. The SMILES string of the molecule is O=S([O-])OC[C@H]1O[C@@H](O[C@H]2[C@H](OS(=O)(=O)[O-])[C@@H](COS(=O)(=O)[O-])O[C@@H]2COS(=O)(=O)[O-])[C@H](OS(=O)(=O)[O-])[C@@H](OS(=O)(=O)[O-])[C@@H]1O[C@H]1O[C@H](COS(=O)(=O)[O-])[C@@H](OS(=O)(=O)[O-])[C@H](OS(=O)(=O)[O-])[C@H]1OS(=O)(=O)[O-].[K+].[K+].[K+].[K+].[K+].[K+].[K+].[K+].[K+].[K+].[OH-]. The summed E-state index contributed by atoms with van der Waals surface area (Å²) >= 11 is -3.94. The van der Waals surface area contributed by atoms with Gasteiger partial charge in [-0.3, -0.25) is 41.8 Å². The van der Waals surface area contributed by atoms with E-state index in [1.165, 1.54) is 0 Å². The topological polar surface area (TPSA) is 723 Å². The van der Waals surface area contributed by atoms with Gasteiger partial charge in [0.25, 0.3) is 0 Å². The third-order valence-corrected chi connectivity index (χ3v) is 12.4. The molecule has 83 heavy (non-hydrogen) atoms. The molecule has 0 saturated carbocycles. The zero-order valence-electron chi connectivity index (χ0n) is 43.4. The fraction of sp³-hybridized carbons (Fsp3) is 1.00. The summed E-state index contributed by atoms with van der Waals surface area (Å²) in [5, 5.41) is 0. The fourth-order valence-electron chi connectivity index (χ4n) is 6.00. The van der Waals surface area contributed by atoms with Crippen molar-refractivity contribution < 1.29 is 710 Å². The molecule has 0 aromatic carbocycles. The Morgan fingerprint density at radius 3 is 0.771 bits per heavy atom. The molecule has 3 rings (SSSR count). The number of hydrogen-bond acceptors (Lipinski definition) is 45. The fourth-order valence-corrected chi connectivity index (χ4v) is 10.1. The van der Waals surface area contributed by atoms with Gasteiger partial charge in [0.05, 0.1) is 37.8 Å². The molecule has 1 unspecified atom stereocenters. The van der Waals surface area contributed by atoms with Crippen LogP contribution < -0.4 is 514 Å². The maximum Gasteiger partial charge on any atom is 1.00 e. The van der Waals surface area contributed by atoms with Gasteiger partial charge in [0.1, 0.15) is 61.0 Å². The second kappa shape index (κ2) is 50.6. The third-order valence-electron chi connectivity index (χ3n) is 8.00. The van der Waals surface area contributed by atoms with Crippen LogP contribution in [-0.2, 0) is 170 Å². The first kappa shape index (κ1) is 116. The van der Waals surface area contributed by atoms with E-state index in [1.54, 1.807) is 0 Å². The van der Waals surface area contributed by atoms with Gasteiger partial charge in [-0.15, -0.1) is 0 Å². The molecule has 15 atom stereocenters. The zero-order valence-corrected chi connectivity index (χ0v) is 82.8. The van der Waals surface area contributed by atoms with Gasteiger partial charge >= 0.3 is 514 Å². The number of ether oxygens (including phenoxy) is 5. The molecule has 3 saturated heterocycles. The molecule has 436 valence electrons. The summed E-state index contributed by atoms with van der Waals surface area (Å²) in [5.74, 6) is 0. The number of rotatable bonds is 28. The van der Waals surface area contributed by atoms with E-state index in [9.17, 15) is 125 Å². The Morgan fingerprint density at radius 1 is 0.301 bits per heavy atom. The van der Waals surface area contributed by atoms with Gasteiger partial charge in [0, 0.05) is 0 Å². The van der Waals surface area contributed by atoms with Crippen molar-refractivity contribution in [3.8, 4) is 0 Å². The van der Waals surface area contributed by atoms with E-state index in [-0.39, 0.29) is 519 Å². The third kappa shape index (κ3) is 50.3. The van der Waals surface area contributed by atoms with Crippen molar-refractivity contribution in [1.29, 1.82) is 0 Å². The maximum atomic E-state index is 12.2.